The molecular weight excluding hydrogens is 426 g/mol. The van der Waals surface area contributed by atoms with Crippen molar-refractivity contribution in [2.75, 3.05) is 18.9 Å². The van der Waals surface area contributed by atoms with Crippen LogP contribution < -0.4 is 11.1 Å². The second kappa shape index (κ2) is 9.54. The molecule has 2 aromatic heterocycles. The fourth-order valence-electron chi connectivity index (χ4n) is 3.55. The molecule has 0 spiro atoms. The Bertz CT molecular complexity index is 1250. The van der Waals surface area contributed by atoms with E-state index in [0.29, 0.717) is 59.2 Å². The van der Waals surface area contributed by atoms with Gasteiger partial charge < -0.3 is 20.4 Å². The van der Waals surface area contributed by atoms with Gasteiger partial charge in [0.1, 0.15) is 16.9 Å². The predicted octanol–water partition coefficient (Wildman–Crippen LogP) is 4.41. The summed E-state index contributed by atoms with van der Waals surface area (Å²) in [6.07, 6.45) is 0.873. The molecule has 0 aliphatic carbocycles. The molecule has 2 aromatic carbocycles. The molecule has 0 aliphatic rings. The van der Waals surface area contributed by atoms with E-state index in [9.17, 15) is 4.79 Å². The average molecular weight is 452 g/mol. The van der Waals surface area contributed by atoms with Gasteiger partial charge in [0, 0.05) is 18.2 Å². The number of para-hydroxylation sites is 2. The Morgan fingerprint density at radius 1 is 1.12 bits per heavy atom. The minimum atomic E-state index is -0.267. The number of anilines is 1. The van der Waals surface area contributed by atoms with Crippen LogP contribution in [0.4, 0.5) is 5.82 Å². The first-order chi connectivity index (χ1) is 15.4. The van der Waals surface area contributed by atoms with Crippen molar-refractivity contribution in [3.05, 3.63) is 64.7 Å². The van der Waals surface area contributed by atoms with Gasteiger partial charge in [-0.05, 0) is 50.1 Å². The second-order valence-electron chi connectivity index (χ2n) is 7.89. The number of aromatic nitrogens is 3. The van der Waals surface area contributed by atoms with Crippen LogP contribution in [0.2, 0.25) is 5.02 Å². The maximum Gasteiger partial charge on any atom is 0.257 e. The van der Waals surface area contributed by atoms with Crippen LogP contribution in [-0.4, -0.2) is 39.7 Å². The summed E-state index contributed by atoms with van der Waals surface area (Å²) >= 11 is 6.02. The zero-order valence-corrected chi connectivity index (χ0v) is 18.9. The number of ether oxygens (including phenoxy) is 1. The molecule has 0 radical (unpaired) electrons. The molecule has 0 atom stereocenters. The summed E-state index contributed by atoms with van der Waals surface area (Å²) in [4.78, 5) is 22.6. The minimum Gasteiger partial charge on any atom is -0.384 e. The number of hydrogen-bond donors (Lipinski definition) is 2. The summed E-state index contributed by atoms with van der Waals surface area (Å²) in [6, 6.07) is 15.1. The van der Waals surface area contributed by atoms with E-state index in [2.05, 4.69) is 5.32 Å². The highest BCUT2D eigenvalue weighted by Crippen LogP contribution is 2.29. The number of benzene rings is 2. The average Bonchev–Trinajstić information content (AvgIpc) is 3.03. The predicted molar refractivity (Wildman–Crippen MR) is 128 cm³/mol. The lowest BCUT2D eigenvalue weighted by molar-refractivity contribution is 0.0757. The van der Waals surface area contributed by atoms with Crippen LogP contribution in [0.5, 0.6) is 0 Å². The highest BCUT2D eigenvalue weighted by Gasteiger charge is 2.24. The summed E-state index contributed by atoms with van der Waals surface area (Å²) in [5.74, 6) is 0.0673. The fourth-order valence-corrected chi connectivity index (χ4v) is 3.68. The van der Waals surface area contributed by atoms with Crippen molar-refractivity contribution in [2.45, 2.75) is 32.9 Å². The lowest BCUT2D eigenvalue weighted by Crippen LogP contribution is -2.26. The van der Waals surface area contributed by atoms with Gasteiger partial charge in [-0.3, -0.25) is 4.79 Å². The molecule has 0 aliphatic heterocycles. The molecule has 0 unspecified atom stereocenters. The van der Waals surface area contributed by atoms with Gasteiger partial charge in [0.25, 0.3) is 5.91 Å². The van der Waals surface area contributed by atoms with Gasteiger partial charge in [0.2, 0.25) is 0 Å². The van der Waals surface area contributed by atoms with Crippen molar-refractivity contribution >= 4 is 45.5 Å². The Kier molecular flexibility index (Phi) is 6.58. The molecule has 0 bridgehead atoms. The number of amides is 1. The van der Waals surface area contributed by atoms with Crippen LogP contribution in [0.1, 0.15) is 36.2 Å². The normalized spacial score (nSPS) is 11.5. The van der Waals surface area contributed by atoms with Crippen LogP contribution in [-0.2, 0) is 11.3 Å². The SMILES string of the molecule is CC(C)OCCCNC(=O)c1c(N)n(Cc2ccc(Cl)cc2)c2nc3ccccc3nc12. The standard InChI is InChI=1S/C24H26ClN5O2/c1-15(2)32-13-5-12-27-24(31)20-21-23(29-19-7-4-3-6-18(19)28-21)30(22(20)26)14-16-8-10-17(25)11-9-16/h3-4,6-11,15H,5,12-14,26H2,1-2H3,(H,27,31). The van der Waals surface area contributed by atoms with E-state index >= 15 is 0 Å². The molecule has 0 fully saturated rings. The highest BCUT2D eigenvalue weighted by molar-refractivity contribution is 6.30. The molecule has 4 aromatic rings. The zero-order valence-electron chi connectivity index (χ0n) is 18.1. The zero-order chi connectivity index (χ0) is 22.7. The third kappa shape index (κ3) is 4.69. The van der Waals surface area contributed by atoms with Crippen molar-refractivity contribution in [2.24, 2.45) is 0 Å². The first-order valence-electron chi connectivity index (χ1n) is 10.6. The fraction of sp³-hybridized carbons (Fsp3) is 0.292. The minimum absolute atomic E-state index is 0.163. The summed E-state index contributed by atoms with van der Waals surface area (Å²) in [6.45, 7) is 5.48. The van der Waals surface area contributed by atoms with Crippen molar-refractivity contribution in [1.29, 1.82) is 0 Å². The summed E-state index contributed by atoms with van der Waals surface area (Å²) in [7, 11) is 0. The molecule has 1 amide bonds. The molecule has 7 nitrogen and oxygen atoms in total. The smallest absolute Gasteiger partial charge is 0.257 e. The van der Waals surface area contributed by atoms with Gasteiger partial charge in [0.05, 0.1) is 23.7 Å². The maximum atomic E-state index is 13.1. The molecular formula is C24H26ClN5O2. The summed E-state index contributed by atoms with van der Waals surface area (Å²) in [5, 5.41) is 3.60. The number of nitrogens with one attached hydrogen (secondary N) is 1. The molecule has 32 heavy (non-hydrogen) atoms. The van der Waals surface area contributed by atoms with E-state index in [-0.39, 0.29) is 12.0 Å². The first kappa shape index (κ1) is 22.0. The first-order valence-corrected chi connectivity index (χ1v) is 11.0. The Balaban J connectivity index is 1.70. The lowest BCUT2D eigenvalue weighted by atomic mass is 10.2. The highest BCUT2D eigenvalue weighted by atomic mass is 35.5. The van der Waals surface area contributed by atoms with Crippen LogP contribution >= 0.6 is 11.6 Å². The van der Waals surface area contributed by atoms with Gasteiger partial charge in [-0.2, -0.15) is 0 Å². The van der Waals surface area contributed by atoms with Crippen LogP contribution in [0.15, 0.2) is 48.5 Å². The molecule has 8 heteroatoms. The molecule has 4 rings (SSSR count). The van der Waals surface area contributed by atoms with E-state index < -0.39 is 0 Å². The number of rotatable bonds is 8. The van der Waals surface area contributed by atoms with Gasteiger partial charge in [-0.25, -0.2) is 9.97 Å². The van der Waals surface area contributed by atoms with Crippen molar-refractivity contribution in [1.82, 2.24) is 19.9 Å². The lowest BCUT2D eigenvalue weighted by Gasteiger charge is -2.09. The number of halogens is 1. The Hall–Kier alpha value is -3.16. The molecule has 2 heterocycles. The van der Waals surface area contributed by atoms with Crippen LogP contribution in [0, 0.1) is 0 Å². The Morgan fingerprint density at radius 2 is 1.81 bits per heavy atom. The van der Waals surface area contributed by atoms with Gasteiger partial charge in [-0.1, -0.05) is 35.9 Å². The van der Waals surface area contributed by atoms with Gasteiger partial charge >= 0.3 is 0 Å². The Labute approximate surface area is 191 Å². The van der Waals surface area contributed by atoms with E-state index in [1.165, 1.54) is 0 Å². The van der Waals surface area contributed by atoms with E-state index in [4.69, 9.17) is 32.0 Å². The number of nitrogens with zero attached hydrogens (tertiary/aromatic N) is 3. The number of fused-ring (bicyclic) bond motifs is 2. The third-order valence-corrected chi connectivity index (χ3v) is 5.38. The van der Waals surface area contributed by atoms with E-state index in [0.717, 1.165) is 11.1 Å². The van der Waals surface area contributed by atoms with E-state index in [1.54, 1.807) is 0 Å². The number of carbonyl (C=O) groups is 1. The number of nitrogens with two attached hydrogens (primary N) is 1. The molecule has 166 valence electrons. The van der Waals surface area contributed by atoms with Crippen LogP contribution in [0.3, 0.4) is 0 Å². The number of hydrogen-bond acceptors (Lipinski definition) is 5. The maximum absolute atomic E-state index is 13.1. The van der Waals surface area contributed by atoms with Crippen molar-refractivity contribution in [3.63, 3.8) is 0 Å². The molecule has 0 saturated carbocycles. The number of carbonyl (C=O) groups excluding carboxylic acids is 1. The number of nitrogen functional groups attached to an aromatic ring is 1. The van der Waals surface area contributed by atoms with Crippen molar-refractivity contribution < 1.29 is 9.53 Å². The largest absolute Gasteiger partial charge is 0.384 e. The van der Waals surface area contributed by atoms with Gasteiger partial charge in [0.15, 0.2) is 5.65 Å². The van der Waals surface area contributed by atoms with Gasteiger partial charge in [-0.15, -0.1) is 0 Å². The van der Waals surface area contributed by atoms with E-state index in [1.807, 2.05) is 66.9 Å². The summed E-state index contributed by atoms with van der Waals surface area (Å²) in [5.41, 5.74) is 10.4. The molecule has 0 saturated heterocycles. The second-order valence-corrected chi connectivity index (χ2v) is 8.32. The van der Waals surface area contributed by atoms with Crippen molar-refractivity contribution in [3.8, 4) is 0 Å². The molecule has 3 N–H and O–H groups in total. The third-order valence-electron chi connectivity index (χ3n) is 5.13. The van der Waals surface area contributed by atoms with Crippen LogP contribution in [0.25, 0.3) is 22.2 Å². The monoisotopic (exact) mass is 451 g/mol. The topological polar surface area (TPSA) is 95.1 Å². The quantitative estimate of drug-likeness (QED) is 0.387. The Morgan fingerprint density at radius 3 is 2.50 bits per heavy atom. The summed E-state index contributed by atoms with van der Waals surface area (Å²) < 4.78 is 7.37.